The van der Waals surface area contributed by atoms with Gasteiger partial charge in [0.1, 0.15) is 5.82 Å². The molecule has 0 saturated heterocycles. The number of hydrogen-bond acceptors (Lipinski definition) is 3. The molecule has 1 aromatic heterocycles. The van der Waals surface area contributed by atoms with Crippen molar-refractivity contribution in [3.8, 4) is 5.88 Å². The zero-order valence-electron chi connectivity index (χ0n) is 13.8. The molecule has 0 spiro atoms. The van der Waals surface area contributed by atoms with Crippen LogP contribution in [0.3, 0.4) is 0 Å². The highest BCUT2D eigenvalue weighted by molar-refractivity contribution is 5.87. The molecule has 0 atom stereocenters. The van der Waals surface area contributed by atoms with Crippen LogP contribution in [0.25, 0.3) is 0 Å². The summed E-state index contributed by atoms with van der Waals surface area (Å²) in [7, 11) is 0. The second-order valence-electron chi connectivity index (χ2n) is 5.34. The van der Waals surface area contributed by atoms with Gasteiger partial charge in [-0.3, -0.25) is 4.79 Å². The van der Waals surface area contributed by atoms with Crippen molar-refractivity contribution in [2.24, 2.45) is 0 Å². The number of pyridine rings is 1. The summed E-state index contributed by atoms with van der Waals surface area (Å²) >= 11 is 0. The molecule has 0 radical (unpaired) electrons. The van der Waals surface area contributed by atoms with Gasteiger partial charge < -0.3 is 10.1 Å². The molecule has 4 nitrogen and oxygen atoms in total. The summed E-state index contributed by atoms with van der Waals surface area (Å²) in [6.07, 6.45) is -11.0. The van der Waals surface area contributed by atoms with Crippen LogP contribution >= 0.6 is 0 Å². The van der Waals surface area contributed by atoms with E-state index in [4.69, 9.17) is 4.74 Å². The number of halogens is 6. The van der Waals surface area contributed by atoms with Gasteiger partial charge in [-0.1, -0.05) is 13.8 Å². The Morgan fingerprint density at radius 1 is 1.12 bits per heavy atom. The van der Waals surface area contributed by atoms with Gasteiger partial charge in [0.05, 0.1) is 6.10 Å². The predicted molar refractivity (Wildman–Crippen MR) is 78.4 cm³/mol. The maximum atomic E-state index is 13.0. The SMILES string of the molecule is CCC(CC)Oc1nc(NC(C)=O)ccc1C(C(F)(F)F)C(F)(F)F. The van der Waals surface area contributed by atoms with Crippen LogP contribution in [0.2, 0.25) is 0 Å². The van der Waals surface area contributed by atoms with E-state index in [1.54, 1.807) is 13.8 Å². The lowest BCUT2D eigenvalue weighted by molar-refractivity contribution is -0.254. The molecule has 1 amide bonds. The molecule has 0 fully saturated rings. The second-order valence-corrected chi connectivity index (χ2v) is 5.34. The molecule has 0 bridgehead atoms. The average Bonchev–Trinajstić information content (AvgIpc) is 2.43. The standard InChI is InChI=1S/C15H18F6N2O2/c1-4-9(5-2)25-13-10(6-7-11(23-13)22-8(3)24)12(14(16,17)18)15(19,20)21/h6-7,9,12H,4-5H2,1-3H3,(H,22,23,24). The van der Waals surface area contributed by atoms with E-state index in [0.717, 1.165) is 13.0 Å². The third-order valence-electron chi connectivity index (χ3n) is 3.35. The Morgan fingerprint density at radius 2 is 1.64 bits per heavy atom. The zero-order chi connectivity index (χ0) is 19.4. The van der Waals surface area contributed by atoms with E-state index >= 15 is 0 Å². The average molecular weight is 372 g/mol. The molecule has 0 aliphatic carbocycles. The lowest BCUT2D eigenvalue weighted by Gasteiger charge is -2.26. The van der Waals surface area contributed by atoms with Crippen molar-refractivity contribution in [3.05, 3.63) is 17.7 Å². The lowest BCUT2D eigenvalue weighted by atomic mass is 9.98. The Labute approximate surface area is 140 Å². The van der Waals surface area contributed by atoms with Crippen molar-refractivity contribution in [3.63, 3.8) is 0 Å². The highest BCUT2D eigenvalue weighted by atomic mass is 19.4. The van der Waals surface area contributed by atoms with Gasteiger partial charge in [0, 0.05) is 12.5 Å². The van der Waals surface area contributed by atoms with E-state index in [-0.39, 0.29) is 5.82 Å². The fourth-order valence-electron chi connectivity index (χ4n) is 2.17. The van der Waals surface area contributed by atoms with Gasteiger partial charge in [-0.25, -0.2) is 0 Å². The van der Waals surface area contributed by atoms with Crippen molar-refractivity contribution in [2.45, 2.75) is 58.0 Å². The number of nitrogens with zero attached hydrogens (tertiary/aromatic N) is 1. The first kappa shape index (κ1) is 21.0. The van der Waals surface area contributed by atoms with Gasteiger partial charge in [0.2, 0.25) is 11.8 Å². The first-order chi connectivity index (χ1) is 11.4. The van der Waals surface area contributed by atoms with E-state index < -0.39 is 41.7 Å². The van der Waals surface area contributed by atoms with Crippen molar-refractivity contribution in [1.82, 2.24) is 4.98 Å². The van der Waals surface area contributed by atoms with Gasteiger partial charge >= 0.3 is 12.4 Å². The Hall–Kier alpha value is -2.00. The summed E-state index contributed by atoms with van der Waals surface area (Å²) in [5.74, 6) is -5.29. The maximum absolute atomic E-state index is 13.0. The molecule has 0 aromatic carbocycles. The lowest BCUT2D eigenvalue weighted by Crippen LogP contribution is -2.35. The number of carbonyl (C=O) groups excluding carboxylic acids is 1. The summed E-state index contributed by atoms with van der Waals surface area (Å²) in [6, 6.07) is 1.50. The third-order valence-corrected chi connectivity index (χ3v) is 3.35. The minimum atomic E-state index is -5.57. The molecule has 25 heavy (non-hydrogen) atoms. The number of anilines is 1. The Morgan fingerprint density at radius 3 is 2.04 bits per heavy atom. The molecular formula is C15H18F6N2O2. The fraction of sp³-hybridized carbons (Fsp3) is 0.600. The summed E-state index contributed by atoms with van der Waals surface area (Å²) in [5, 5.41) is 2.21. The number of nitrogens with one attached hydrogen (secondary N) is 1. The fourth-order valence-corrected chi connectivity index (χ4v) is 2.17. The van der Waals surface area contributed by atoms with E-state index in [2.05, 4.69) is 10.3 Å². The molecule has 1 N–H and O–H groups in total. The van der Waals surface area contributed by atoms with E-state index in [0.29, 0.717) is 18.9 Å². The van der Waals surface area contributed by atoms with Crippen LogP contribution in [0.1, 0.15) is 45.1 Å². The molecule has 1 rings (SSSR count). The van der Waals surface area contributed by atoms with Crippen LogP contribution < -0.4 is 10.1 Å². The first-order valence-electron chi connectivity index (χ1n) is 7.48. The molecule has 0 saturated carbocycles. The zero-order valence-corrected chi connectivity index (χ0v) is 13.8. The van der Waals surface area contributed by atoms with Gasteiger partial charge in [-0.2, -0.15) is 31.3 Å². The smallest absolute Gasteiger partial charge is 0.404 e. The third kappa shape index (κ3) is 5.79. The predicted octanol–water partition coefficient (Wildman–Crippen LogP) is 4.82. The van der Waals surface area contributed by atoms with Crippen LogP contribution in [0.15, 0.2) is 12.1 Å². The van der Waals surface area contributed by atoms with Crippen LogP contribution in [0, 0.1) is 0 Å². The number of rotatable bonds is 6. The molecule has 0 aliphatic heterocycles. The van der Waals surface area contributed by atoms with Gasteiger partial charge in [0.25, 0.3) is 0 Å². The minimum Gasteiger partial charge on any atom is -0.474 e. The second kappa shape index (κ2) is 7.92. The Bertz CT molecular complexity index is 583. The molecule has 0 unspecified atom stereocenters. The highest BCUT2D eigenvalue weighted by Crippen LogP contribution is 2.48. The Balaban J connectivity index is 3.47. The van der Waals surface area contributed by atoms with E-state index in [1.165, 1.54) is 0 Å². The van der Waals surface area contributed by atoms with Crippen molar-refractivity contribution in [1.29, 1.82) is 0 Å². The number of alkyl halides is 6. The van der Waals surface area contributed by atoms with Crippen LogP contribution in [-0.2, 0) is 4.79 Å². The van der Waals surface area contributed by atoms with E-state index in [1.807, 2.05) is 0 Å². The largest absolute Gasteiger partial charge is 0.474 e. The number of carbonyl (C=O) groups is 1. The topological polar surface area (TPSA) is 51.2 Å². The Kier molecular flexibility index (Phi) is 6.67. The van der Waals surface area contributed by atoms with Crippen molar-refractivity contribution in [2.75, 3.05) is 5.32 Å². The number of ether oxygens (including phenoxy) is 1. The number of amides is 1. The normalized spacial score (nSPS) is 12.6. The van der Waals surface area contributed by atoms with Gasteiger partial charge in [0.15, 0.2) is 5.92 Å². The minimum absolute atomic E-state index is 0.194. The van der Waals surface area contributed by atoms with Crippen molar-refractivity contribution < 1.29 is 35.9 Å². The summed E-state index contributed by atoms with van der Waals surface area (Å²) in [5.41, 5.74) is -1.14. The quantitative estimate of drug-likeness (QED) is 0.729. The molecule has 142 valence electrons. The van der Waals surface area contributed by atoms with Gasteiger partial charge in [-0.15, -0.1) is 0 Å². The molecule has 1 aromatic rings. The molecule has 1 heterocycles. The number of aromatic nitrogens is 1. The molecular weight excluding hydrogens is 354 g/mol. The van der Waals surface area contributed by atoms with Crippen LogP contribution in [0.5, 0.6) is 5.88 Å². The van der Waals surface area contributed by atoms with Crippen LogP contribution in [0.4, 0.5) is 32.2 Å². The van der Waals surface area contributed by atoms with Gasteiger partial charge in [-0.05, 0) is 25.0 Å². The van der Waals surface area contributed by atoms with E-state index in [9.17, 15) is 31.1 Å². The van der Waals surface area contributed by atoms with Crippen molar-refractivity contribution >= 4 is 11.7 Å². The van der Waals surface area contributed by atoms with Crippen LogP contribution in [-0.4, -0.2) is 29.3 Å². The monoisotopic (exact) mass is 372 g/mol. The molecule has 0 aliphatic rings. The highest BCUT2D eigenvalue weighted by Gasteiger charge is 2.58. The number of hydrogen-bond donors (Lipinski definition) is 1. The summed E-state index contributed by atoms with van der Waals surface area (Å²) in [4.78, 5) is 14.7. The summed E-state index contributed by atoms with van der Waals surface area (Å²) in [6.45, 7) is 4.48. The maximum Gasteiger partial charge on any atom is 0.404 e. The summed E-state index contributed by atoms with van der Waals surface area (Å²) < 4.78 is 83.4. The molecule has 10 heteroatoms. The first-order valence-corrected chi connectivity index (χ1v) is 7.48.